The van der Waals surface area contributed by atoms with E-state index in [1.165, 1.54) is 18.3 Å². The maximum Gasteiger partial charge on any atom is 0.257 e. The molecule has 9 nitrogen and oxygen atoms in total. The minimum absolute atomic E-state index is 0.0868. The highest BCUT2D eigenvalue weighted by atomic mass is 16.5. The Balaban J connectivity index is 2.34. The monoisotopic (exact) mass is 389 g/mol. The first kappa shape index (κ1) is 21.1. The van der Waals surface area contributed by atoms with E-state index >= 15 is 0 Å². The first-order chi connectivity index (χ1) is 13.6. The average Bonchev–Trinajstić information content (AvgIpc) is 2.70. The van der Waals surface area contributed by atoms with Crippen LogP contribution in [0.5, 0.6) is 11.5 Å². The zero-order valence-electron chi connectivity index (χ0n) is 15.8. The summed E-state index contributed by atoms with van der Waals surface area (Å²) in [5.41, 5.74) is 6.10. The lowest BCUT2D eigenvalue weighted by atomic mass is 10.1. The summed E-state index contributed by atoms with van der Waals surface area (Å²) in [6, 6.07) is 6.16. The van der Waals surface area contributed by atoms with Crippen LogP contribution in [-0.2, 0) is 9.47 Å². The van der Waals surface area contributed by atoms with Crippen LogP contribution in [-0.4, -0.2) is 57.4 Å². The molecule has 0 aliphatic carbocycles. The minimum Gasteiger partial charge on any atom is -0.487 e. The van der Waals surface area contributed by atoms with E-state index in [0.717, 1.165) is 0 Å². The van der Waals surface area contributed by atoms with Gasteiger partial charge in [0.05, 0.1) is 30.0 Å². The molecule has 0 aliphatic rings. The van der Waals surface area contributed by atoms with Gasteiger partial charge in [-0.3, -0.25) is 14.6 Å². The summed E-state index contributed by atoms with van der Waals surface area (Å²) in [6.45, 7) is 1.20. The number of nitrogens with zero attached hydrogens (tertiary/aromatic N) is 1. The number of nitrogens with one attached hydrogen (secondary N) is 1. The van der Waals surface area contributed by atoms with Gasteiger partial charge >= 0.3 is 0 Å². The Labute approximate surface area is 162 Å². The van der Waals surface area contributed by atoms with E-state index < -0.39 is 11.8 Å². The Morgan fingerprint density at radius 2 is 1.68 bits per heavy atom. The number of pyridine rings is 1. The van der Waals surface area contributed by atoms with E-state index in [2.05, 4.69) is 10.3 Å². The van der Waals surface area contributed by atoms with E-state index in [1.54, 1.807) is 32.5 Å². The molecule has 0 fully saturated rings. The lowest BCUT2D eigenvalue weighted by Crippen LogP contribution is -2.19. The van der Waals surface area contributed by atoms with Crippen molar-refractivity contribution in [3.63, 3.8) is 0 Å². The van der Waals surface area contributed by atoms with Crippen LogP contribution in [0, 0.1) is 0 Å². The largest absolute Gasteiger partial charge is 0.487 e. The molecular weight excluding hydrogens is 366 g/mol. The number of benzene rings is 1. The van der Waals surface area contributed by atoms with Gasteiger partial charge < -0.3 is 30.0 Å². The van der Waals surface area contributed by atoms with Crippen molar-refractivity contribution >= 4 is 17.5 Å². The molecule has 9 heteroatoms. The molecule has 1 aromatic heterocycles. The number of carbonyl (C=O) groups is 2. The van der Waals surface area contributed by atoms with Gasteiger partial charge in [-0.25, -0.2) is 0 Å². The summed E-state index contributed by atoms with van der Waals surface area (Å²) in [5.74, 6) is -0.519. The number of hydrogen-bond donors (Lipinski definition) is 2. The number of primary amides is 1. The van der Waals surface area contributed by atoms with Crippen LogP contribution in [0.25, 0.3) is 0 Å². The first-order valence-corrected chi connectivity index (χ1v) is 8.49. The minimum atomic E-state index is -0.721. The van der Waals surface area contributed by atoms with Gasteiger partial charge in [-0.05, 0) is 18.2 Å². The summed E-state index contributed by atoms with van der Waals surface area (Å²) in [7, 11) is 3.10. The van der Waals surface area contributed by atoms with Crippen LogP contribution < -0.4 is 20.5 Å². The number of anilines is 1. The second kappa shape index (κ2) is 10.9. The van der Waals surface area contributed by atoms with Crippen molar-refractivity contribution in [2.45, 2.75) is 0 Å². The van der Waals surface area contributed by atoms with Crippen molar-refractivity contribution in [2.75, 3.05) is 46.0 Å². The third-order valence-electron chi connectivity index (χ3n) is 3.61. The van der Waals surface area contributed by atoms with E-state index in [1.807, 2.05) is 0 Å². The number of hydrogen-bond acceptors (Lipinski definition) is 7. The molecule has 3 N–H and O–H groups in total. The second-order valence-corrected chi connectivity index (χ2v) is 5.59. The SMILES string of the molecule is COCCOc1cc(NC(=O)c2cccnc2)c(C(N)=O)cc1OCCOC. The molecule has 0 saturated heterocycles. The third kappa shape index (κ3) is 5.93. The summed E-state index contributed by atoms with van der Waals surface area (Å²) in [6.07, 6.45) is 2.97. The highest BCUT2D eigenvalue weighted by Crippen LogP contribution is 2.34. The van der Waals surface area contributed by atoms with Crippen LogP contribution in [0.2, 0.25) is 0 Å². The number of aromatic nitrogens is 1. The van der Waals surface area contributed by atoms with Crippen molar-refractivity contribution in [1.82, 2.24) is 4.98 Å². The number of nitrogens with two attached hydrogens (primary N) is 1. The topological polar surface area (TPSA) is 122 Å². The number of ether oxygens (including phenoxy) is 4. The molecule has 0 aliphatic heterocycles. The maximum absolute atomic E-state index is 12.4. The van der Waals surface area contributed by atoms with Crippen molar-refractivity contribution in [2.24, 2.45) is 5.73 Å². The number of carbonyl (C=O) groups excluding carboxylic acids is 2. The van der Waals surface area contributed by atoms with Crippen molar-refractivity contribution < 1.29 is 28.5 Å². The standard InChI is InChI=1S/C19H23N3O6/c1-25-6-8-27-16-10-14(18(20)23)15(11-17(16)28-9-7-26-2)22-19(24)13-4-3-5-21-12-13/h3-5,10-12H,6-9H2,1-2H3,(H2,20,23)(H,22,24). The molecule has 0 bridgehead atoms. The number of amides is 2. The molecule has 0 unspecified atom stereocenters. The fourth-order valence-corrected chi connectivity index (χ4v) is 2.25. The van der Waals surface area contributed by atoms with Crippen LogP contribution in [0.15, 0.2) is 36.7 Å². The van der Waals surface area contributed by atoms with Gasteiger partial charge in [0.15, 0.2) is 11.5 Å². The summed E-state index contributed by atoms with van der Waals surface area (Å²) in [4.78, 5) is 28.3. The Morgan fingerprint density at radius 1 is 1.04 bits per heavy atom. The Morgan fingerprint density at radius 3 is 2.21 bits per heavy atom. The first-order valence-electron chi connectivity index (χ1n) is 8.49. The zero-order valence-corrected chi connectivity index (χ0v) is 15.8. The van der Waals surface area contributed by atoms with Crippen LogP contribution in [0.3, 0.4) is 0 Å². The maximum atomic E-state index is 12.4. The smallest absolute Gasteiger partial charge is 0.257 e. The van der Waals surface area contributed by atoms with Gasteiger partial charge in [-0.1, -0.05) is 0 Å². The number of methoxy groups -OCH3 is 2. The average molecular weight is 389 g/mol. The van der Waals surface area contributed by atoms with Crippen LogP contribution in [0.1, 0.15) is 20.7 Å². The molecule has 0 atom stereocenters. The second-order valence-electron chi connectivity index (χ2n) is 5.59. The molecule has 2 amide bonds. The van der Waals surface area contributed by atoms with Crippen molar-refractivity contribution in [3.05, 3.63) is 47.8 Å². The highest BCUT2D eigenvalue weighted by Gasteiger charge is 2.18. The molecule has 0 saturated carbocycles. The quantitative estimate of drug-likeness (QED) is 0.558. The zero-order chi connectivity index (χ0) is 20.4. The summed E-state index contributed by atoms with van der Waals surface area (Å²) >= 11 is 0. The molecule has 0 radical (unpaired) electrons. The predicted molar refractivity (Wildman–Crippen MR) is 102 cm³/mol. The van der Waals surface area contributed by atoms with Gasteiger partial charge in [0, 0.05) is 32.7 Å². The van der Waals surface area contributed by atoms with Crippen molar-refractivity contribution in [1.29, 1.82) is 0 Å². The van der Waals surface area contributed by atoms with Crippen molar-refractivity contribution in [3.8, 4) is 11.5 Å². The molecule has 150 valence electrons. The van der Waals surface area contributed by atoms with E-state index in [0.29, 0.717) is 30.3 Å². The van der Waals surface area contributed by atoms with Gasteiger partial charge in [0.25, 0.3) is 11.8 Å². The Hall–Kier alpha value is -3.17. The number of rotatable bonds is 11. The summed E-state index contributed by atoms with van der Waals surface area (Å²) in [5, 5.41) is 2.66. The lowest BCUT2D eigenvalue weighted by Gasteiger charge is -2.17. The Kier molecular flexibility index (Phi) is 8.19. The van der Waals surface area contributed by atoms with Gasteiger partial charge in [-0.2, -0.15) is 0 Å². The molecule has 1 heterocycles. The molecule has 0 spiro atoms. The molecular formula is C19H23N3O6. The molecule has 2 rings (SSSR count). The third-order valence-corrected chi connectivity index (χ3v) is 3.61. The molecule has 1 aromatic carbocycles. The fraction of sp³-hybridized carbons (Fsp3) is 0.316. The molecule has 28 heavy (non-hydrogen) atoms. The van der Waals surface area contributed by atoms with E-state index in [4.69, 9.17) is 24.7 Å². The van der Waals surface area contributed by atoms with Gasteiger partial charge in [0.2, 0.25) is 0 Å². The summed E-state index contributed by atoms with van der Waals surface area (Å²) < 4.78 is 21.2. The highest BCUT2D eigenvalue weighted by molar-refractivity contribution is 6.09. The van der Waals surface area contributed by atoms with Crippen LogP contribution in [0.4, 0.5) is 5.69 Å². The lowest BCUT2D eigenvalue weighted by molar-refractivity contribution is 0.1000. The van der Waals surface area contributed by atoms with Gasteiger partial charge in [0.1, 0.15) is 13.2 Å². The fourth-order valence-electron chi connectivity index (χ4n) is 2.25. The predicted octanol–water partition coefficient (Wildman–Crippen LogP) is 1.48. The van der Waals surface area contributed by atoms with E-state index in [-0.39, 0.29) is 24.5 Å². The Bertz CT molecular complexity index is 798. The molecule has 2 aromatic rings. The van der Waals surface area contributed by atoms with E-state index in [9.17, 15) is 9.59 Å². The van der Waals surface area contributed by atoms with Gasteiger partial charge in [-0.15, -0.1) is 0 Å². The van der Waals surface area contributed by atoms with Crippen LogP contribution >= 0.6 is 0 Å². The normalized spacial score (nSPS) is 10.4.